The average molecular weight is 360 g/mol. The van der Waals surface area contributed by atoms with Crippen molar-refractivity contribution in [1.82, 2.24) is 9.97 Å². The highest BCUT2D eigenvalue weighted by molar-refractivity contribution is 5.86. The third-order valence-corrected chi connectivity index (χ3v) is 5.24. The average Bonchev–Trinajstić information content (AvgIpc) is 2.73. The highest BCUT2D eigenvalue weighted by atomic mass is 14.7. The van der Waals surface area contributed by atoms with Crippen LogP contribution >= 0.6 is 0 Å². The second-order valence-corrected chi connectivity index (χ2v) is 7.27. The molecule has 28 heavy (non-hydrogen) atoms. The van der Waals surface area contributed by atoms with E-state index in [0.717, 1.165) is 33.5 Å². The Balaban J connectivity index is 1.67. The first-order valence-electron chi connectivity index (χ1n) is 9.53. The number of benzene rings is 3. The number of pyridine rings is 2. The molecule has 0 aliphatic heterocycles. The highest BCUT2D eigenvalue weighted by Gasteiger charge is 2.10. The molecule has 2 heteroatoms. The first-order valence-corrected chi connectivity index (χ1v) is 9.53. The number of aromatic nitrogens is 2. The van der Waals surface area contributed by atoms with Gasteiger partial charge in [-0.1, -0.05) is 54.6 Å². The van der Waals surface area contributed by atoms with Crippen molar-refractivity contribution in [2.75, 3.05) is 0 Å². The van der Waals surface area contributed by atoms with E-state index in [-0.39, 0.29) is 0 Å². The number of nitrogens with zero attached hydrogens (tertiary/aromatic N) is 2. The third kappa shape index (κ3) is 2.84. The summed E-state index contributed by atoms with van der Waals surface area (Å²) in [5.74, 6) is 0. The summed E-state index contributed by atoms with van der Waals surface area (Å²) in [5.41, 5.74) is 8.70. The molecule has 2 heterocycles. The fraction of sp³-hybridized carbons (Fsp3) is 0.0769. The van der Waals surface area contributed by atoms with Gasteiger partial charge in [0.05, 0.1) is 22.4 Å². The zero-order valence-electron chi connectivity index (χ0n) is 16.0. The Hall–Kier alpha value is -3.52. The molecule has 0 radical (unpaired) electrons. The first-order chi connectivity index (χ1) is 13.7. The van der Waals surface area contributed by atoms with Crippen LogP contribution in [0, 0.1) is 13.8 Å². The Labute approximate surface area is 164 Å². The fourth-order valence-electron chi connectivity index (χ4n) is 3.84. The van der Waals surface area contributed by atoms with Gasteiger partial charge in [-0.15, -0.1) is 0 Å². The van der Waals surface area contributed by atoms with Crippen molar-refractivity contribution in [3.05, 3.63) is 96.1 Å². The summed E-state index contributed by atoms with van der Waals surface area (Å²) in [7, 11) is 0. The minimum absolute atomic E-state index is 1.02. The Morgan fingerprint density at radius 1 is 0.500 bits per heavy atom. The van der Waals surface area contributed by atoms with Crippen LogP contribution in [0.2, 0.25) is 0 Å². The first kappa shape index (κ1) is 16.6. The van der Waals surface area contributed by atoms with Crippen LogP contribution in [0.4, 0.5) is 0 Å². The van der Waals surface area contributed by atoms with Gasteiger partial charge < -0.3 is 0 Å². The van der Waals surface area contributed by atoms with E-state index in [1.807, 2.05) is 12.1 Å². The molecule has 0 aliphatic carbocycles. The van der Waals surface area contributed by atoms with Crippen molar-refractivity contribution in [1.29, 1.82) is 0 Å². The standard InChI is InChI=1S/C26H20N2/c1-17-14-19-8-3-5-12-23(19)27-25(17)21-10-7-11-22(16-21)26-18(2)15-20-9-4-6-13-24(20)28-26/h3-16H,1-2H3. The van der Waals surface area contributed by atoms with Crippen LogP contribution in [-0.4, -0.2) is 9.97 Å². The zero-order valence-corrected chi connectivity index (χ0v) is 16.0. The highest BCUT2D eigenvalue weighted by Crippen LogP contribution is 2.30. The van der Waals surface area contributed by atoms with Crippen LogP contribution in [0.15, 0.2) is 84.9 Å². The fourth-order valence-corrected chi connectivity index (χ4v) is 3.84. The minimum atomic E-state index is 1.02. The maximum atomic E-state index is 4.93. The van der Waals surface area contributed by atoms with E-state index in [1.54, 1.807) is 0 Å². The minimum Gasteiger partial charge on any atom is -0.248 e. The molecule has 0 bridgehead atoms. The lowest BCUT2D eigenvalue weighted by Gasteiger charge is -2.11. The van der Waals surface area contributed by atoms with E-state index in [2.05, 4.69) is 86.6 Å². The van der Waals surface area contributed by atoms with E-state index < -0.39 is 0 Å². The summed E-state index contributed by atoms with van der Waals surface area (Å²) in [4.78, 5) is 9.86. The molecular weight excluding hydrogens is 340 g/mol. The van der Waals surface area contributed by atoms with E-state index in [1.165, 1.54) is 21.9 Å². The van der Waals surface area contributed by atoms with Gasteiger partial charge in [0.2, 0.25) is 0 Å². The molecule has 2 aromatic heterocycles. The molecule has 5 aromatic rings. The SMILES string of the molecule is Cc1cc2ccccc2nc1-c1cccc(-c2nc3ccccc3cc2C)c1. The van der Waals surface area contributed by atoms with Crippen LogP contribution in [-0.2, 0) is 0 Å². The summed E-state index contributed by atoms with van der Waals surface area (Å²) in [6.45, 7) is 4.25. The lowest BCUT2D eigenvalue weighted by Crippen LogP contribution is -1.93. The van der Waals surface area contributed by atoms with Crippen LogP contribution < -0.4 is 0 Å². The van der Waals surface area contributed by atoms with Crippen molar-refractivity contribution in [3.63, 3.8) is 0 Å². The van der Waals surface area contributed by atoms with Crippen molar-refractivity contribution < 1.29 is 0 Å². The quantitative estimate of drug-likeness (QED) is 0.349. The van der Waals surface area contributed by atoms with Crippen molar-refractivity contribution in [2.24, 2.45) is 0 Å². The van der Waals surface area contributed by atoms with Crippen molar-refractivity contribution in [3.8, 4) is 22.5 Å². The number of aryl methyl sites for hydroxylation is 2. The molecule has 0 N–H and O–H groups in total. The van der Waals surface area contributed by atoms with Crippen LogP contribution in [0.1, 0.15) is 11.1 Å². The van der Waals surface area contributed by atoms with E-state index in [4.69, 9.17) is 9.97 Å². The van der Waals surface area contributed by atoms with Gasteiger partial charge >= 0.3 is 0 Å². The Kier molecular flexibility index (Phi) is 3.91. The van der Waals surface area contributed by atoms with Crippen LogP contribution in [0.5, 0.6) is 0 Å². The topological polar surface area (TPSA) is 25.8 Å². The molecule has 0 saturated heterocycles. The Bertz CT molecular complexity index is 1230. The van der Waals surface area contributed by atoms with Crippen LogP contribution in [0.3, 0.4) is 0 Å². The van der Waals surface area contributed by atoms with E-state index in [0.29, 0.717) is 0 Å². The van der Waals surface area contributed by atoms with Gasteiger partial charge in [-0.2, -0.15) is 0 Å². The van der Waals surface area contributed by atoms with Gasteiger partial charge in [0.15, 0.2) is 0 Å². The molecule has 3 aromatic carbocycles. The molecule has 134 valence electrons. The predicted molar refractivity (Wildman–Crippen MR) is 117 cm³/mol. The summed E-state index contributed by atoms with van der Waals surface area (Å²) >= 11 is 0. The molecule has 0 aliphatic rings. The Morgan fingerprint density at radius 3 is 1.46 bits per heavy atom. The third-order valence-electron chi connectivity index (χ3n) is 5.24. The van der Waals surface area contributed by atoms with Crippen LogP contribution in [0.25, 0.3) is 44.3 Å². The number of hydrogen-bond donors (Lipinski definition) is 0. The van der Waals surface area contributed by atoms with Crippen molar-refractivity contribution in [2.45, 2.75) is 13.8 Å². The van der Waals surface area contributed by atoms with Gasteiger partial charge in [0.1, 0.15) is 0 Å². The van der Waals surface area contributed by atoms with Gasteiger partial charge in [-0.3, -0.25) is 0 Å². The summed E-state index contributed by atoms with van der Waals surface area (Å²) in [6.07, 6.45) is 0. The number of hydrogen-bond acceptors (Lipinski definition) is 2. The number of fused-ring (bicyclic) bond motifs is 2. The maximum absolute atomic E-state index is 4.93. The lowest BCUT2D eigenvalue weighted by atomic mass is 9.99. The largest absolute Gasteiger partial charge is 0.248 e. The molecule has 5 rings (SSSR count). The molecule has 0 fully saturated rings. The van der Waals surface area contributed by atoms with Gasteiger partial charge in [0.25, 0.3) is 0 Å². The molecule has 0 amide bonds. The van der Waals surface area contributed by atoms with Gasteiger partial charge in [-0.25, -0.2) is 9.97 Å². The second-order valence-electron chi connectivity index (χ2n) is 7.27. The predicted octanol–water partition coefficient (Wildman–Crippen LogP) is 6.73. The summed E-state index contributed by atoms with van der Waals surface area (Å²) in [6, 6.07) is 29.5. The molecule has 2 nitrogen and oxygen atoms in total. The van der Waals surface area contributed by atoms with Gasteiger partial charge in [0, 0.05) is 21.9 Å². The monoisotopic (exact) mass is 360 g/mol. The second kappa shape index (κ2) is 6.58. The van der Waals surface area contributed by atoms with Gasteiger partial charge in [-0.05, 0) is 55.3 Å². The van der Waals surface area contributed by atoms with E-state index in [9.17, 15) is 0 Å². The zero-order chi connectivity index (χ0) is 19.1. The maximum Gasteiger partial charge on any atom is 0.0739 e. The lowest BCUT2D eigenvalue weighted by molar-refractivity contribution is 1.31. The number of rotatable bonds is 2. The molecular formula is C26H20N2. The molecule has 0 spiro atoms. The van der Waals surface area contributed by atoms with E-state index >= 15 is 0 Å². The summed E-state index contributed by atoms with van der Waals surface area (Å²) < 4.78 is 0. The normalized spacial score (nSPS) is 11.2. The molecule has 0 saturated carbocycles. The molecule has 0 unspecified atom stereocenters. The Morgan fingerprint density at radius 2 is 0.964 bits per heavy atom. The smallest absolute Gasteiger partial charge is 0.0739 e. The van der Waals surface area contributed by atoms with Crippen molar-refractivity contribution >= 4 is 21.8 Å². The molecule has 0 atom stereocenters. The summed E-state index contributed by atoms with van der Waals surface area (Å²) in [5, 5.41) is 2.35. The number of para-hydroxylation sites is 2.